The van der Waals surface area contributed by atoms with Gasteiger partial charge in [0.25, 0.3) is 5.91 Å². The highest BCUT2D eigenvalue weighted by atomic mass is 32.1. The van der Waals surface area contributed by atoms with Gasteiger partial charge in [-0.1, -0.05) is 39.7 Å². The second-order valence-electron chi connectivity index (χ2n) is 17.6. The van der Waals surface area contributed by atoms with Gasteiger partial charge in [0.05, 0.1) is 19.3 Å². The van der Waals surface area contributed by atoms with Crippen LogP contribution in [0.1, 0.15) is 58.8 Å². The molecule has 3 aliphatic rings. The van der Waals surface area contributed by atoms with Gasteiger partial charge >= 0.3 is 12.0 Å². The number of benzene rings is 3. The Hall–Kier alpha value is -5.81. The minimum absolute atomic E-state index is 0.0412. The third kappa shape index (κ3) is 13.2. The molecule has 21 heteroatoms. The number of nitrogens with one attached hydrogen (secondary N) is 1. The Morgan fingerprint density at radius 3 is 2.42 bits per heavy atom. The number of urea groups is 1. The zero-order chi connectivity index (χ0) is 48.8. The number of hydrogen-bond acceptors (Lipinski definition) is 13. The first-order chi connectivity index (χ1) is 30.9. The number of carboxylic acids is 1. The monoisotopic (exact) mass is 953 g/mol. The molecule has 0 spiro atoms. The van der Waals surface area contributed by atoms with Gasteiger partial charge in [0.15, 0.2) is 19.8 Å². The van der Waals surface area contributed by atoms with Crippen molar-refractivity contribution in [1.82, 2.24) is 14.0 Å². The predicted octanol–water partition coefficient (Wildman–Crippen LogP) is 6.87. The maximum absolute atomic E-state index is 14.5. The molecule has 0 saturated carbocycles. The lowest BCUT2D eigenvalue weighted by Gasteiger charge is -2.43. The number of carbonyl (C=O) groups is 3. The van der Waals surface area contributed by atoms with Gasteiger partial charge in [-0.3, -0.25) is 23.9 Å². The van der Waals surface area contributed by atoms with Crippen LogP contribution in [-0.2, 0) is 42.1 Å². The quantitative estimate of drug-likeness (QED) is 0.0684. The van der Waals surface area contributed by atoms with Crippen LogP contribution in [0, 0.1) is 23.6 Å². The molecule has 0 aliphatic carbocycles. The van der Waals surface area contributed by atoms with E-state index >= 15 is 0 Å². The summed E-state index contributed by atoms with van der Waals surface area (Å²) in [7, 11) is 1.51. The third-order valence-electron chi connectivity index (χ3n) is 10.7. The molecule has 3 atom stereocenters. The van der Waals surface area contributed by atoms with E-state index in [1.165, 1.54) is 49.4 Å². The van der Waals surface area contributed by atoms with Gasteiger partial charge in [-0.15, -0.1) is 6.42 Å². The van der Waals surface area contributed by atoms with Crippen molar-refractivity contribution in [3.05, 3.63) is 76.6 Å². The van der Waals surface area contributed by atoms with E-state index in [0.717, 1.165) is 41.6 Å². The highest BCUT2D eigenvalue weighted by Gasteiger charge is 2.42. The van der Waals surface area contributed by atoms with Crippen molar-refractivity contribution < 1.29 is 57.1 Å². The van der Waals surface area contributed by atoms with Gasteiger partial charge < -0.3 is 44.6 Å². The molecule has 1 aromatic heterocycles. The number of halogens is 1. The van der Waals surface area contributed by atoms with Crippen LogP contribution in [0.3, 0.4) is 0 Å². The van der Waals surface area contributed by atoms with E-state index in [0.29, 0.717) is 33.4 Å². The van der Waals surface area contributed by atoms with E-state index in [2.05, 4.69) is 48.3 Å². The van der Waals surface area contributed by atoms with Crippen molar-refractivity contribution in [3.8, 4) is 35.3 Å². The van der Waals surface area contributed by atoms with Crippen molar-refractivity contribution in [1.29, 1.82) is 0 Å². The molecule has 7 rings (SSSR count). The molecule has 3 aliphatic heterocycles. The Bertz CT molecular complexity index is 2590. The van der Waals surface area contributed by atoms with E-state index in [1.807, 2.05) is 29.7 Å². The van der Waals surface area contributed by atoms with Crippen LogP contribution in [-0.4, -0.2) is 101 Å². The van der Waals surface area contributed by atoms with Gasteiger partial charge in [-0.05, 0) is 53.6 Å². The van der Waals surface area contributed by atoms with Crippen molar-refractivity contribution >= 4 is 53.9 Å². The van der Waals surface area contributed by atoms with Crippen LogP contribution >= 0.6 is 18.9 Å². The van der Waals surface area contributed by atoms with E-state index in [-0.39, 0.29) is 54.2 Å². The molecule has 0 fully saturated rings. The maximum atomic E-state index is 14.5. The van der Waals surface area contributed by atoms with Crippen LogP contribution in [0.5, 0.6) is 23.0 Å². The number of aromatic nitrogens is 2. The van der Waals surface area contributed by atoms with Crippen molar-refractivity contribution in [2.24, 2.45) is 16.1 Å². The van der Waals surface area contributed by atoms with Crippen LogP contribution in [0.2, 0.25) is 0 Å². The number of aliphatic carboxylic acids is 1. The number of ether oxygens (including phenoxy) is 4. The van der Waals surface area contributed by atoms with Crippen LogP contribution in [0.4, 0.5) is 26.2 Å². The number of carbonyl (C=O) groups excluding carboxylic acids is 2. The van der Waals surface area contributed by atoms with Crippen LogP contribution in [0.25, 0.3) is 0 Å². The fourth-order valence-electron chi connectivity index (χ4n) is 7.27. The normalized spacial score (nSPS) is 19.0. The number of hydroxylamine groups is 2. The second kappa shape index (κ2) is 20.8. The molecule has 3 amide bonds. The van der Waals surface area contributed by atoms with E-state index in [9.17, 15) is 23.3 Å². The van der Waals surface area contributed by atoms with Crippen molar-refractivity contribution in [2.75, 3.05) is 57.5 Å². The predicted molar refractivity (Wildman–Crippen MR) is 247 cm³/mol. The number of methoxy groups -OCH3 is 1. The first kappa shape index (κ1) is 51.2. The maximum Gasteiger partial charge on any atom is 0.345 e. The standard InChI is InChI=1S/C22H28N2O5.C18H17FN4O2S.C5H12NO4P/c1-21(2)14-22(3,26-5)29-19-13-17(11-12-18(19)21)28-16-9-7-15(8-10-16)23-20(25)24(4)27-6;1-4-5-22-13-7-12(11(19)6-14(13)25-9-16(22)24)20-17-23-10-18(2,3)8-15(23)21-26-17;1-11(9,10)3-2-4(6)5(7)8/h7-13H,14H2,1-6H3,(H,23,25);1,6-7H,5,8-10H2,2-3H3;4H,2-3,6H2,1H3,(H,7,8)(H,9,10). The lowest BCUT2D eigenvalue weighted by Crippen LogP contribution is -2.45. The van der Waals surface area contributed by atoms with Crippen molar-refractivity contribution in [2.45, 2.75) is 77.7 Å². The average Bonchev–Trinajstić information content (AvgIpc) is 3.75. The molecule has 356 valence electrons. The summed E-state index contributed by atoms with van der Waals surface area (Å²) in [4.78, 5) is 54.1. The molecule has 0 radical (unpaired) electrons. The fraction of sp³-hybridized carbons (Fsp3) is 0.444. The number of anilines is 2. The fourth-order valence-corrected chi connectivity index (χ4v) is 8.78. The van der Waals surface area contributed by atoms with E-state index in [4.69, 9.17) is 45.9 Å². The summed E-state index contributed by atoms with van der Waals surface area (Å²) >= 11 is 1.24. The number of terminal acetylenes is 1. The topological polar surface area (TPSA) is 230 Å². The van der Waals surface area contributed by atoms with E-state index < -0.39 is 31.0 Å². The first-order valence-electron chi connectivity index (χ1n) is 20.7. The lowest BCUT2D eigenvalue weighted by atomic mass is 9.76. The molecule has 18 nitrogen and oxygen atoms in total. The average molecular weight is 954 g/mol. The summed E-state index contributed by atoms with van der Waals surface area (Å²) in [6.45, 7) is 12.5. The molecule has 3 aromatic carbocycles. The summed E-state index contributed by atoms with van der Waals surface area (Å²) in [6.07, 6.45) is 6.98. The molecule has 3 unspecified atom stereocenters. The Kier molecular flexibility index (Phi) is 16.1. The summed E-state index contributed by atoms with van der Waals surface area (Å²) in [5.74, 6) is 3.17. The molecule has 66 heavy (non-hydrogen) atoms. The first-order valence-corrected chi connectivity index (χ1v) is 23.8. The lowest BCUT2D eigenvalue weighted by molar-refractivity contribution is -0.172. The highest BCUT2D eigenvalue weighted by molar-refractivity contribution is 7.57. The summed E-state index contributed by atoms with van der Waals surface area (Å²) in [6, 6.07) is 14.3. The number of rotatable bonds is 11. The number of carboxylic acid groups (broad SMARTS) is 1. The third-order valence-corrected chi connectivity index (χ3v) is 12.6. The largest absolute Gasteiger partial charge is 0.481 e. The van der Waals surface area contributed by atoms with Crippen LogP contribution < -0.4 is 35.0 Å². The van der Waals surface area contributed by atoms with Gasteiger partial charge in [-0.2, -0.15) is 4.37 Å². The Balaban J connectivity index is 0.000000204. The number of nitrogens with zero attached hydrogens (tertiary/aromatic N) is 5. The molecule has 4 aromatic rings. The summed E-state index contributed by atoms with van der Waals surface area (Å²) < 4.78 is 54.6. The molecule has 0 saturated heterocycles. The second-order valence-corrected chi connectivity index (χ2v) is 20.8. The van der Waals surface area contributed by atoms with Gasteiger partial charge in [0, 0.05) is 88.2 Å². The minimum Gasteiger partial charge on any atom is -0.481 e. The molecular weight excluding hydrogens is 897 g/mol. The summed E-state index contributed by atoms with van der Waals surface area (Å²) in [5, 5.41) is 12.1. The zero-order valence-electron chi connectivity index (χ0n) is 38.4. The van der Waals surface area contributed by atoms with Gasteiger partial charge in [0.2, 0.25) is 10.6 Å². The number of hydrogen-bond donors (Lipinski definition) is 4. The molecule has 0 bridgehead atoms. The Labute approximate surface area is 387 Å². The smallest absolute Gasteiger partial charge is 0.345 e. The zero-order valence-corrected chi connectivity index (χ0v) is 40.1. The van der Waals surface area contributed by atoms with E-state index in [1.54, 1.807) is 31.4 Å². The minimum atomic E-state index is -3.10. The Morgan fingerprint density at radius 2 is 1.80 bits per heavy atom. The number of fused-ring (bicyclic) bond motifs is 3. The highest BCUT2D eigenvalue weighted by Crippen LogP contribution is 2.47. The SMILES string of the molecule is C#CCN1C(=O)COc2cc(F)c(N=c3snc4n3CC(C)(C)C4)cc21.CON(C)C(=O)Nc1ccc(Oc2ccc3c(c2)OC(C)(OC)CC3(C)C)cc1.CP(=O)(O)CCC(N)C(=O)O. The van der Waals surface area contributed by atoms with Gasteiger partial charge in [0.1, 0.15) is 40.6 Å². The van der Waals surface area contributed by atoms with Gasteiger partial charge in [-0.25, -0.2) is 19.2 Å². The van der Waals surface area contributed by atoms with Crippen molar-refractivity contribution in [3.63, 3.8) is 0 Å². The molecular formula is C45H57FN7O11PS. The Morgan fingerprint density at radius 1 is 1.12 bits per heavy atom. The molecule has 5 N–H and O–H groups in total. The number of nitrogens with two attached hydrogens (primary N) is 1. The van der Waals surface area contributed by atoms with Crippen LogP contribution in [0.15, 0.2) is 59.6 Å². The molecule has 4 heterocycles. The number of amides is 3. The summed E-state index contributed by atoms with van der Waals surface area (Å²) in [5.41, 5.74) is 7.45.